The topological polar surface area (TPSA) is 63.6 Å². The van der Waals surface area contributed by atoms with Gasteiger partial charge < -0.3 is 9.84 Å². The molecule has 37 heavy (non-hydrogen) atoms. The number of ether oxygens (including phenoxy) is 1. The van der Waals surface area contributed by atoms with E-state index in [1.54, 1.807) is 0 Å². The van der Waals surface area contributed by atoms with Gasteiger partial charge in [0.05, 0.1) is 10.5 Å². The van der Waals surface area contributed by atoms with Crippen LogP contribution in [-0.4, -0.2) is 16.9 Å². The normalized spacial score (nSPS) is 14.2. The van der Waals surface area contributed by atoms with Crippen LogP contribution in [0.5, 0.6) is 5.75 Å². The summed E-state index contributed by atoms with van der Waals surface area (Å²) in [5, 5.41) is 10.9. The smallest absolute Gasteiger partial charge is 0.335 e. The second-order valence-corrected chi connectivity index (χ2v) is 10.4. The van der Waals surface area contributed by atoms with Crippen LogP contribution in [0.3, 0.4) is 0 Å². The van der Waals surface area contributed by atoms with Crippen molar-refractivity contribution in [3.05, 3.63) is 118 Å². The van der Waals surface area contributed by atoms with Gasteiger partial charge in [0.2, 0.25) is 0 Å². The number of carbonyl (C=O) groups is 2. The van der Waals surface area contributed by atoms with Gasteiger partial charge in [-0.15, -0.1) is 0 Å². The summed E-state index contributed by atoms with van der Waals surface area (Å²) in [6, 6.07) is 22.7. The second kappa shape index (κ2) is 12.6. The number of aromatic carboxylic acids is 1. The van der Waals surface area contributed by atoms with Crippen molar-refractivity contribution in [2.75, 3.05) is 0 Å². The molecule has 190 valence electrons. The highest BCUT2D eigenvalue weighted by Gasteiger charge is 2.15. The molecule has 4 rings (SSSR count). The van der Waals surface area contributed by atoms with Crippen molar-refractivity contribution in [3.8, 4) is 5.75 Å². The van der Waals surface area contributed by atoms with Crippen molar-refractivity contribution in [1.82, 2.24) is 0 Å². The molecule has 0 spiro atoms. The molecule has 0 saturated heterocycles. The van der Waals surface area contributed by atoms with E-state index in [4.69, 9.17) is 9.84 Å². The predicted molar refractivity (Wildman–Crippen MR) is 151 cm³/mol. The van der Waals surface area contributed by atoms with Gasteiger partial charge in [0, 0.05) is 5.56 Å². The van der Waals surface area contributed by atoms with Gasteiger partial charge in [0.1, 0.15) is 12.4 Å². The molecule has 0 radical (unpaired) electrons. The number of carbonyl (C=O) groups excluding carboxylic acids is 1. The van der Waals surface area contributed by atoms with Crippen LogP contribution in [0.25, 0.3) is 5.57 Å². The van der Waals surface area contributed by atoms with Crippen LogP contribution in [-0.2, 0) is 6.61 Å². The Bertz CT molecular complexity index is 1270. The van der Waals surface area contributed by atoms with Crippen LogP contribution in [0.4, 0.5) is 0 Å². The van der Waals surface area contributed by atoms with Gasteiger partial charge in [-0.05, 0) is 77.6 Å². The van der Waals surface area contributed by atoms with E-state index in [1.165, 1.54) is 73.7 Å². The number of Topliss-reactive ketones (excluding diaryl/α,β-unsaturated/α-hetero) is 1. The van der Waals surface area contributed by atoms with Crippen LogP contribution in [0.2, 0.25) is 0 Å². The first-order valence-corrected chi connectivity index (χ1v) is 13.5. The van der Waals surface area contributed by atoms with Gasteiger partial charge in [-0.3, -0.25) is 4.79 Å². The van der Waals surface area contributed by atoms with Crippen molar-refractivity contribution in [2.24, 2.45) is 0 Å². The summed E-state index contributed by atoms with van der Waals surface area (Å²) in [5.41, 5.74) is 5.21. The van der Waals surface area contributed by atoms with Crippen molar-refractivity contribution in [1.29, 1.82) is 0 Å². The lowest BCUT2D eigenvalue weighted by atomic mass is 9.84. The molecule has 1 saturated carbocycles. The Hall–Kier alpha value is -3.57. The number of hydrogen-bond acceptors (Lipinski definition) is 4. The maximum Gasteiger partial charge on any atom is 0.335 e. The third-order valence-electron chi connectivity index (χ3n) is 6.80. The monoisotopic (exact) mass is 512 g/mol. The van der Waals surface area contributed by atoms with E-state index in [2.05, 4.69) is 30.8 Å². The predicted octanol–water partition coefficient (Wildman–Crippen LogP) is 8.50. The van der Waals surface area contributed by atoms with Gasteiger partial charge in [-0.1, -0.05) is 86.1 Å². The van der Waals surface area contributed by atoms with Gasteiger partial charge in [0.15, 0.2) is 5.78 Å². The van der Waals surface area contributed by atoms with Crippen molar-refractivity contribution >= 4 is 29.1 Å². The molecule has 1 aliphatic rings. The zero-order valence-electron chi connectivity index (χ0n) is 21.1. The zero-order chi connectivity index (χ0) is 26.2. The van der Waals surface area contributed by atoms with Crippen LogP contribution < -0.4 is 4.74 Å². The van der Waals surface area contributed by atoms with Crippen LogP contribution in [0.1, 0.15) is 82.4 Å². The summed E-state index contributed by atoms with van der Waals surface area (Å²) in [6.07, 6.45) is 6.67. The number of carboxylic acids is 1. The molecule has 5 heteroatoms. The molecule has 0 unspecified atom stereocenters. The molecule has 0 aromatic heterocycles. The lowest BCUT2D eigenvalue weighted by molar-refractivity contribution is 0.0696. The Balaban J connectivity index is 1.28. The highest BCUT2D eigenvalue weighted by Crippen LogP contribution is 2.32. The number of ketones is 1. The average molecular weight is 513 g/mol. The van der Waals surface area contributed by atoms with E-state index >= 15 is 0 Å². The Labute approximate surface area is 223 Å². The summed E-state index contributed by atoms with van der Waals surface area (Å²) in [7, 11) is 0. The van der Waals surface area contributed by atoms with Gasteiger partial charge >= 0.3 is 5.97 Å². The Morgan fingerprint density at radius 3 is 2.11 bits per heavy atom. The maximum atomic E-state index is 12.6. The van der Waals surface area contributed by atoms with Crippen molar-refractivity contribution in [2.45, 2.75) is 51.6 Å². The Morgan fingerprint density at radius 1 is 0.892 bits per heavy atom. The SMILES string of the molecule is C=C(S/C=C(\C)c1ccc(OCc2ccc(C3CCCCC3)cc2)cc1)C(=O)c1ccc(C(=O)O)cc1. The second-order valence-electron chi connectivity index (χ2n) is 9.44. The highest BCUT2D eigenvalue weighted by molar-refractivity contribution is 8.06. The van der Waals surface area contributed by atoms with E-state index in [-0.39, 0.29) is 11.3 Å². The van der Waals surface area contributed by atoms with Crippen molar-refractivity contribution in [3.63, 3.8) is 0 Å². The molecule has 0 bridgehead atoms. The van der Waals surface area contributed by atoms with E-state index < -0.39 is 5.97 Å². The molecule has 0 aliphatic heterocycles. The number of hydrogen-bond donors (Lipinski definition) is 1. The molecular weight excluding hydrogens is 480 g/mol. The number of carboxylic acid groups (broad SMARTS) is 1. The summed E-state index contributed by atoms with van der Waals surface area (Å²) in [4.78, 5) is 24.0. The molecular formula is C32H32O4S. The minimum absolute atomic E-state index is 0.144. The summed E-state index contributed by atoms with van der Waals surface area (Å²) in [5.74, 6) is 0.281. The average Bonchev–Trinajstić information content (AvgIpc) is 2.95. The largest absolute Gasteiger partial charge is 0.489 e. The fourth-order valence-corrected chi connectivity index (χ4v) is 5.19. The standard InChI is InChI=1S/C32H32O4S/c1-22(21-37-23(2)31(33)28-12-14-29(15-13-28)32(34)35)25-16-18-30(19-17-25)36-20-24-8-10-27(11-9-24)26-6-4-3-5-7-26/h8-19,21,26H,2-7,20H2,1H3,(H,34,35)/b22-21+. The van der Waals surface area contributed by atoms with Gasteiger partial charge in [0.25, 0.3) is 0 Å². The molecule has 3 aromatic rings. The number of rotatable bonds is 10. The maximum absolute atomic E-state index is 12.6. The number of allylic oxidation sites excluding steroid dienone is 2. The zero-order valence-corrected chi connectivity index (χ0v) is 21.9. The number of thioether (sulfide) groups is 1. The first kappa shape index (κ1) is 26.5. The van der Waals surface area contributed by atoms with Crippen LogP contribution in [0, 0.1) is 0 Å². The first-order valence-electron chi connectivity index (χ1n) is 12.6. The third kappa shape index (κ3) is 7.23. The lowest BCUT2D eigenvalue weighted by Crippen LogP contribution is -2.04. The number of benzene rings is 3. The molecule has 0 amide bonds. The minimum Gasteiger partial charge on any atom is -0.489 e. The van der Waals surface area contributed by atoms with E-state index in [0.717, 1.165) is 22.4 Å². The van der Waals surface area contributed by atoms with Crippen LogP contribution >= 0.6 is 11.8 Å². The van der Waals surface area contributed by atoms with E-state index in [9.17, 15) is 9.59 Å². The molecule has 0 heterocycles. The molecule has 1 N–H and O–H groups in total. The Kier molecular flexibility index (Phi) is 9.02. The third-order valence-corrected chi connectivity index (χ3v) is 7.74. The molecule has 0 atom stereocenters. The first-order chi connectivity index (χ1) is 17.9. The summed E-state index contributed by atoms with van der Waals surface area (Å²) in [6.45, 7) is 6.40. The molecule has 1 aliphatic carbocycles. The molecule has 1 fully saturated rings. The lowest BCUT2D eigenvalue weighted by Gasteiger charge is -2.22. The minimum atomic E-state index is -1.02. The highest BCUT2D eigenvalue weighted by atomic mass is 32.2. The van der Waals surface area contributed by atoms with Gasteiger partial charge in [-0.2, -0.15) is 0 Å². The van der Waals surface area contributed by atoms with E-state index in [0.29, 0.717) is 23.0 Å². The molecule has 3 aromatic carbocycles. The summed E-state index contributed by atoms with van der Waals surface area (Å²) < 4.78 is 5.99. The quantitative estimate of drug-likeness (QED) is 0.218. The van der Waals surface area contributed by atoms with Crippen molar-refractivity contribution < 1.29 is 19.4 Å². The van der Waals surface area contributed by atoms with E-state index in [1.807, 2.05) is 36.6 Å². The molecule has 4 nitrogen and oxygen atoms in total. The van der Waals surface area contributed by atoms with Crippen LogP contribution in [0.15, 0.2) is 89.7 Å². The fraction of sp³-hybridized carbons (Fsp3) is 0.250. The summed E-state index contributed by atoms with van der Waals surface area (Å²) >= 11 is 1.26. The van der Waals surface area contributed by atoms with Gasteiger partial charge in [-0.25, -0.2) is 4.79 Å². The fourth-order valence-electron chi connectivity index (χ4n) is 4.51. The Morgan fingerprint density at radius 2 is 1.49 bits per heavy atom.